The first-order chi connectivity index (χ1) is 12.2. The van der Waals surface area contributed by atoms with Crippen LogP contribution in [0.4, 0.5) is 0 Å². The molecule has 3 rings (SSSR count). The Balaban J connectivity index is 1.76. The van der Waals surface area contributed by atoms with Gasteiger partial charge in [-0.05, 0) is 44.0 Å². The number of fused-ring (bicyclic) bond motifs is 1. The van der Waals surface area contributed by atoms with E-state index in [1.54, 1.807) is 12.1 Å². The van der Waals surface area contributed by atoms with Gasteiger partial charge in [0, 0.05) is 0 Å². The number of amides is 2. The molecule has 1 aliphatic rings. The van der Waals surface area contributed by atoms with Gasteiger partial charge in [0.05, 0.1) is 11.6 Å². The highest BCUT2D eigenvalue weighted by molar-refractivity contribution is 7.90. The normalized spacial score (nSPS) is 16.3. The number of hydrogen-bond acceptors (Lipinski definition) is 4. The minimum absolute atomic E-state index is 0.0553. The van der Waals surface area contributed by atoms with Crippen LogP contribution in [0.5, 0.6) is 0 Å². The Hall–Kier alpha value is -2.67. The molecule has 0 bridgehead atoms. The summed E-state index contributed by atoms with van der Waals surface area (Å²) in [5.74, 6) is -1.20. The smallest absolute Gasteiger partial charge is 0.269 e. The van der Waals surface area contributed by atoms with E-state index in [9.17, 15) is 18.0 Å². The standard InChI is InChI=1S/C19H20N2O4S/c1-12-8-9-15(13(2)10-12)14(3)20-18(22)11-21-19(23)16-6-4-5-7-17(16)26(21,24)25/h4-10,14H,11H2,1-3H3,(H,20,22)/t14-/m1/s1. The lowest BCUT2D eigenvalue weighted by molar-refractivity contribution is -0.121. The van der Waals surface area contributed by atoms with E-state index >= 15 is 0 Å². The molecule has 0 fully saturated rings. The van der Waals surface area contributed by atoms with Crippen LogP contribution in [0.1, 0.15) is 40.0 Å². The van der Waals surface area contributed by atoms with Crippen LogP contribution in [0, 0.1) is 13.8 Å². The van der Waals surface area contributed by atoms with Gasteiger partial charge < -0.3 is 5.32 Å². The number of nitrogens with zero attached hydrogens (tertiary/aromatic N) is 1. The molecular formula is C19H20N2O4S. The predicted molar refractivity (Wildman–Crippen MR) is 97.1 cm³/mol. The quantitative estimate of drug-likeness (QED) is 0.893. The fourth-order valence-corrected chi connectivity index (χ4v) is 4.72. The lowest BCUT2D eigenvalue weighted by Gasteiger charge is -2.20. The third-order valence-corrected chi connectivity index (χ3v) is 6.26. The lowest BCUT2D eigenvalue weighted by atomic mass is 10.0. The van der Waals surface area contributed by atoms with E-state index in [0.717, 1.165) is 16.7 Å². The largest absolute Gasteiger partial charge is 0.348 e. The summed E-state index contributed by atoms with van der Waals surface area (Å²) in [7, 11) is -3.98. The number of carbonyl (C=O) groups is 2. The highest BCUT2D eigenvalue weighted by Crippen LogP contribution is 2.29. The zero-order valence-corrected chi connectivity index (χ0v) is 15.6. The van der Waals surface area contributed by atoms with Crippen LogP contribution in [0.2, 0.25) is 0 Å². The van der Waals surface area contributed by atoms with Crippen LogP contribution in [0.3, 0.4) is 0 Å². The molecule has 1 atom stereocenters. The second-order valence-corrected chi connectivity index (χ2v) is 8.29. The summed E-state index contributed by atoms with van der Waals surface area (Å²) < 4.78 is 25.6. The van der Waals surface area contributed by atoms with Gasteiger partial charge in [-0.3, -0.25) is 9.59 Å². The number of hydrogen-bond donors (Lipinski definition) is 1. The Bertz CT molecular complexity index is 998. The average molecular weight is 372 g/mol. The first-order valence-electron chi connectivity index (χ1n) is 8.24. The van der Waals surface area contributed by atoms with E-state index in [1.807, 2.05) is 39.0 Å². The molecule has 1 heterocycles. The van der Waals surface area contributed by atoms with Crippen molar-refractivity contribution in [2.75, 3.05) is 6.54 Å². The molecule has 7 heteroatoms. The molecule has 2 amide bonds. The molecule has 2 aromatic carbocycles. The van der Waals surface area contributed by atoms with Crippen molar-refractivity contribution >= 4 is 21.8 Å². The molecule has 136 valence electrons. The molecule has 1 N–H and O–H groups in total. The summed E-state index contributed by atoms with van der Waals surface area (Å²) in [6.07, 6.45) is 0. The number of aryl methyl sites for hydroxylation is 2. The summed E-state index contributed by atoms with van der Waals surface area (Å²) in [6.45, 7) is 5.23. The Morgan fingerprint density at radius 1 is 1.15 bits per heavy atom. The Kier molecular flexibility index (Phi) is 4.58. The molecule has 0 aromatic heterocycles. The molecule has 0 radical (unpaired) electrons. The third-order valence-electron chi connectivity index (χ3n) is 4.47. The average Bonchev–Trinajstić information content (AvgIpc) is 2.76. The summed E-state index contributed by atoms with van der Waals surface area (Å²) >= 11 is 0. The van der Waals surface area contributed by atoms with Crippen molar-refractivity contribution in [3.8, 4) is 0 Å². The number of rotatable bonds is 4. The summed E-state index contributed by atoms with van der Waals surface area (Å²) in [5.41, 5.74) is 3.21. The van der Waals surface area contributed by atoms with Crippen LogP contribution in [0.15, 0.2) is 47.4 Å². The highest BCUT2D eigenvalue weighted by Gasteiger charge is 2.41. The van der Waals surface area contributed by atoms with Crippen molar-refractivity contribution < 1.29 is 18.0 Å². The zero-order chi connectivity index (χ0) is 19.1. The fraction of sp³-hybridized carbons (Fsp3) is 0.263. The lowest BCUT2D eigenvalue weighted by Crippen LogP contribution is -2.41. The maximum absolute atomic E-state index is 12.5. The van der Waals surface area contributed by atoms with E-state index < -0.39 is 28.4 Å². The van der Waals surface area contributed by atoms with E-state index in [2.05, 4.69) is 5.32 Å². The van der Waals surface area contributed by atoms with E-state index in [0.29, 0.717) is 4.31 Å². The van der Waals surface area contributed by atoms with Gasteiger partial charge >= 0.3 is 0 Å². The van der Waals surface area contributed by atoms with Gasteiger partial charge in [-0.15, -0.1) is 0 Å². The molecule has 0 spiro atoms. The maximum atomic E-state index is 12.5. The minimum atomic E-state index is -3.98. The van der Waals surface area contributed by atoms with Gasteiger partial charge in [0.25, 0.3) is 15.9 Å². The number of nitrogens with one attached hydrogen (secondary N) is 1. The maximum Gasteiger partial charge on any atom is 0.269 e. The van der Waals surface area contributed by atoms with Gasteiger partial charge in [0.2, 0.25) is 5.91 Å². The summed E-state index contributed by atoms with van der Waals surface area (Å²) in [5, 5.41) is 2.77. The van der Waals surface area contributed by atoms with E-state index in [4.69, 9.17) is 0 Å². The fourth-order valence-electron chi connectivity index (χ4n) is 3.19. The molecule has 0 aliphatic carbocycles. The Morgan fingerprint density at radius 3 is 2.50 bits per heavy atom. The molecule has 0 unspecified atom stereocenters. The minimum Gasteiger partial charge on any atom is -0.348 e. The first-order valence-corrected chi connectivity index (χ1v) is 9.68. The number of carbonyl (C=O) groups excluding carboxylic acids is 2. The monoisotopic (exact) mass is 372 g/mol. The first kappa shape index (κ1) is 18.1. The van der Waals surface area contributed by atoms with Gasteiger partial charge in [0.15, 0.2) is 0 Å². The van der Waals surface area contributed by atoms with Crippen molar-refractivity contribution in [3.05, 3.63) is 64.7 Å². The number of benzene rings is 2. The van der Waals surface area contributed by atoms with Crippen LogP contribution >= 0.6 is 0 Å². The van der Waals surface area contributed by atoms with Crippen molar-refractivity contribution in [3.63, 3.8) is 0 Å². The topological polar surface area (TPSA) is 83.6 Å². The Morgan fingerprint density at radius 2 is 1.85 bits per heavy atom. The van der Waals surface area contributed by atoms with Crippen LogP contribution < -0.4 is 5.32 Å². The molecule has 0 saturated heterocycles. The van der Waals surface area contributed by atoms with Crippen LogP contribution in [0.25, 0.3) is 0 Å². The third kappa shape index (κ3) is 3.10. The van der Waals surface area contributed by atoms with Gasteiger partial charge in [0.1, 0.15) is 11.4 Å². The van der Waals surface area contributed by atoms with E-state index in [-0.39, 0.29) is 16.5 Å². The van der Waals surface area contributed by atoms with Crippen LogP contribution in [-0.2, 0) is 14.8 Å². The van der Waals surface area contributed by atoms with Crippen molar-refractivity contribution in [1.82, 2.24) is 9.62 Å². The molecule has 0 saturated carbocycles. The van der Waals surface area contributed by atoms with E-state index in [1.165, 1.54) is 12.1 Å². The second-order valence-electron chi connectivity index (χ2n) is 6.46. The van der Waals surface area contributed by atoms with Gasteiger partial charge in [-0.2, -0.15) is 0 Å². The SMILES string of the molecule is Cc1ccc([C@@H](C)NC(=O)CN2C(=O)c3ccccc3S2(=O)=O)c(C)c1. The second kappa shape index (κ2) is 6.57. The highest BCUT2D eigenvalue weighted by atomic mass is 32.2. The summed E-state index contributed by atoms with van der Waals surface area (Å²) in [4.78, 5) is 24.7. The molecular weight excluding hydrogens is 352 g/mol. The zero-order valence-electron chi connectivity index (χ0n) is 14.8. The van der Waals surface area contributed by atoms with Crippen LogP contribution in [-0.4, -0.2) is 31.1 Å². The molecule has 1 aliphatic heterocycles. The summed E-state index contributed by atoms with van der Waals surface area (Å²) in [6, 6.07) is 11.6. The van der Waals surface area contributed by atoms with Crippen molar-refractivity contribution in [2.24, 2.45) is 0 Å². The number of sulfonamides is 1. The Labute approximate surface area is 152 Å². The van der Waals surface area contributed by atoms with Crippen molar-refractivity contribution in [1.29, 1.82) is 0 Å². The predicted octanol–water partition coefficient (Wildman–Crippen LogP) is 2.33. The molecule has 2 aromatic rings. The molecule has 26 heavy (non-hydrogen) atoms. The van der Waals surface area contributed by atoms with Gasteiger partial charge in [-0.1, -0.05) is 35.9 Å². The molecule has 6 nitrogen and oxygen atoms in total. The van der Waals surface area contributed by atoms with Gasteiger partial charge in [-0.25, -0.2) is 12.7 Å². The van der Waals surface area contributed by atoms with Crippen molar-refractivity contribution in [2.45, 2.75) is 31.7 Å².